The second kappa shape index (κ2) is 6.07. The minimum absolute atomic E-state index is 0.0231. The van der Waals surface area contributed by atoms with Gasteiger partial charge in [-0.2, -0.15) is 5.10 Å². The van der Waals surface area contributed by atoms with Crippen molar-refractivity contribution in [3.05, 3.63) is 78.1 Å². The van der Waals surface area contributed by atoms with Gasteiger partial charge in [0, 0.05) is 11.8 Å². The minimum atomic E-state index is -1.30. The molecule has 1 unspecified atom stereocenters. The highest BCUT2D eigenvalue weighted by atomic mass is 19.1. The molecule has 0 saturated carbocycles. The van der Waals surface area contributed by atoms with Gasteiger partial charge in [-0.05, 0) is 17.7 Å². The second-order valence-corrected chi connectivity index (χ2v) is 4.97. The maximum atomic E-state index is 13.6. The van der Waals surface area contributed by atoms with Gasteiger partial charge in [0.25, 0.3) is 0 Å². The van der Waals surface area contributed by atoms with Gasteiger partial charge in [-0.3, -0.25) is 4.68 Å². The Bertz CT molecular complexity index is 751. The van der Waals surface area contributed by atoms with Crippen LogP contribution < -0.4 is 0 Å². The number of hydrogen-bond acceptors (Lipinski definition) is 2. The average molecular weight is 300 g/mol. The van der Waals surface area contributed by atoms with Crippen molar-refractivity contribution in [2.75, 3.05) is 0 Å². The summed E-state index contributed by atoms with van der Waals surface area (Å²) in [7, 11) is 0. The SMILES string of the molecule is OC(Cn1cc(-c2ccccc2)cn1)c1c(F)cccc1F. The molecule has 1 aromatic heterocycles. The van der Waals surface area contributed by atoms with E-state index in [1.54, 1.807) is 12.4 Å². The zero-order valence-electron chi connectivity index (χ0n) is 11.7. The van der Waals surface area contributed by atoms with E-state index in [2.05, 4.69) is 5.10 Å². The number of rotatable bonds is 4. The molecule has 112 valence electrons. The number of nitrogens with zero attached hydrogens (tertiary/aromatic N) is 2. The number of halogens is 2. The fourth-order valence-electron chi connectivity index (χ4n) is 2.34. The smallest absolute Gasteiger partial charge is 0.132 e. The molecule has 22 heavy (non-hydrogen) atoms. The lowest BCUT2D eigenvalue weighted by atomic mass is 10.1. The van der Waals surface area contributed by atoms with Crippen LogP contribution in [-0.2, 0) is 6.54 Å². The third-order valence-electron chi connectivity index (χ3n) is 3.43. The van der Waals surface area contributed by atoms with E-state index in [-0.39, 0.29) is 12.1 Å². The molecular formula is C17H14F2N2O. The Morgan fingerprint density at radius 2 is 1.64 bits per heavy atom. The van der Waals surface area contributed by atoms with E-state index in [0.717, 1.165) is 23.3 Å². The largest absolute Gasteiger partial charge is 0.386 e. The van der Waals surface area contributed by atoms with Crippen LogP contribution in [0.5, 0.6) is 0 Å². The van der Waals surface area contributed by atoms with Gasteiger partial charge in [0.1, 0.15) is 17.7 Å². The first-order valence-corrected chi connectivity index (χ1v) is 6.85. The lowest BCUT2D eigenvalue weighted by Crippen LogP contribution is -2.12. The highest BCUT2D eigenvalue weighted by Gasteiger charge is 2.18. The highest BCUT2D eigenvalue weighted by molar-refractivity contribution is 5.61. The fraction of sp³-hybridized carbons (Fsp3) is 0.118. The molecular weight excluding hydrogens is 286 g/mol. The van der Waals surface area contributed by atoms with E-state index in [1.807, 2.05) is 30.3 Å². The van der Waals surface area contributed by atoms with E-state index in [4.69, 9.17) is 0 Å². The van der Waals surface area contributed by atoms with Gasteiger partial charge >= 0.3 is 0 Å². The zero-order valence-corrected chi connectivity index (χ0v) is 11.7. The number of benzene rings is 2. The highest BCUT2D eigenvalue weighted by Crippen LogP contribution is 2.23. The van der Waals surface area contributed by atoms with Crippen molar-refractivity contribution >= 4 is 0 Å². The molecule has 0 bridgehead atoms. The van der Waals surface area contributed by atoms with Crippen LogP contribution in [0.15, 0.2) is 60.9 Å². The number of aromatic nitrogens is 2. The molecule has 3 nitrogen and oxygen atoms in total. The Morgan fingerprint density at radius 1 is 0.955 bits per heavy atom. The first-order valence-electron chi connectivity index (χ1n) is 6.85. The van der Waals surface area contributed by atoms with Crippen LogP contribution in [0.25, 0.3) is 11.1 Å². The van der Waals surface area contributed by atoms with Gasteiger partial charge < -0.3 is 5.11 Å². The van der Waals surface area contributed by atoms with Gasteiger partial charge in [0.05, 0.1) is 18.3 Å². The summed E-state index contributed by atoms with van der Waals surface area (Å²) in [5, 5.41) is 14.2. The molecule has 3 aromatic rings. The molecule has 5 heteroatoms. The van der Waals surface area contributed by atoms with Gasteiger partial charge in [0.2, 0.25) is 0 Å². The van der Waals surface area contributed by atoms with Crippen molar-refractivity contribution in [1.29, 1.82) is 0 Å². The summed E-state index contributed by atoms with van der Waals surface area (Å²) in [6.45, 7) is -0.0231. The molecule has 0 saturated heterocycles. The van der Waals surface area contributed by atoms with E-state index in [0.29, 0.717) is 0 Å². The predicted molar refractivity (Wildman–Crippen MR) is 79.0 cm³/mol. The maximum absolute atomic E-state index is 13.6. The summed E-state index contributed by atoms with van der Waals surface area (Å²) in [5.74, 6) is -1.52. The lowest BCUT2D eigenvalue weighted by Gasteiger charge is -2.12. The molecule has 2 aromatic carbocycles. The average Bonchev–Trinajstić information content (AvgIpc) is 2.96. The molecule has 1 atom stereocenters. The third kappa shape index (κ3) is 2.89. The molecule has 0 aliphatic carbocycles. The molecule has 0 radical (unpaired) electrons. The zero-order chi connectivity index (χ0) is 15.5. The van der Waals surface area contributed by atoms with Gasteiger partial charge in [-0.25, -0.2) is 8.78 Å². The lowest BCUT2D eigenvalue weighted by molar-refractivity contribution is 0.142. The first kappa shape index (κ1) is 14.4. The Kier molecular flexibility index (Phi) is 3.98. The Hall–Kier alpha value is -2.53. The molecule has 0 spiro atoms. The number of hydrogen-bond donors (Lipinski definition) is 1. The molecule has 0 fully saturated rings. The number of aliphatic hydroxyl groups excluding tert-OH is 1. The van der Waals surface area contributed by atoms with Gasteiger partial charge in [-0.1, -0.05) is 36.4 Å². The van der Waals surface area contributed by atoms with E-state index in [9.17, 15) is 13.9 Å². The second-order valence-electron chi connectivity index (χ2n) is 4.97. The standard InChI is InChI=1S/C17H14F2N2O/c18-14-7-4-8-15(19)17(14)16(22)11-21-10-13(9-20-21)12-5-2-1-3-6-12/h1-10,16,22H,11H2. The monoisotopic (exact) mass is 300 g/mol. The Labute approximate surface area is 126 Å². The summed E-state index contributed by atoms with van der Waals surface area (Å²) < 4.78 is 28.8. The molecule has 0 amide bonds. The van der Waals surface area contributed by atoms with Crippen molar-refractivity contribution < 1.29 is 13.9 Å². The van der Waals surface area contributed by atoms with Crippen LogP contribution in [0.3, 0.4) is 0 Å². The van der Waals surface area contributed by atoms with Crippen LogP contribution in [-0.4, -0.2) is 14.9 Å². The van der Waals surface area contributed by atoms with E-state index >= 15 is 0 Å². The predicted octanol–water partition coefficient (Wildman–Crippen LogP) is 3.56. The topological polar surface area (TPSA) is 38.0 Å². The van der Waals surface area contributed by atoms with Crippen molar-refractivity contribution in [2.45, 2.75) is 12.6 Å². The van der Waals surface area contributed by atoms with Crippen LogP contribution >= 0.6 is 0 Å². The van der Waals surface area contributed by atoms with Crippen LogP contribution in [0.2, 0.25) is 0 Å². The van der Waals surface area contributed by atoms with E-state index < -0.39 is 17.7 Å². The van der Waals surface area contributed by atoms with Gasteiger partial charge in [0.15, 0.2) is 0 Å². The Morgan fingerprint density at radius 3 is 2.32 bits per heavy atom. The summed E-state index contributed by atoms with van der Waals surface area (Å²) in [6.07, 6.45) is 2.08. The molecule has 3 rings (SSSR count). The van der Waals surface area contributed by atoms with Crippen LogP contribution in [0.1, 0.15) is 11.7 Å². The Balaban J connectivity index is 1.81. The molecule has 1 heterocycles. The van der Waals surface area contributed by atoms with Crippen molar-refractivity contribution in [2.24, 2.45) is 0 Å². The van der Waals surface area contributed by atoms with Crippen LogP contribution in [0.4, 0.5) is 8.78 Å². The molecule has 1 N–H and O–H groups in total. The number of aliphatic hydroxyl groups is 1. The van der Waals surface area contributed by atoms with Gasteiger partial charge in [-0.15, -0.1) is 0 Å². The molecule has 0 aliphatic rings. The quantitative estimate of drug-likeness (QED) is 0.800. The summed E-state index contributed by atoms with van der Waals surface area (Å²) in [5.41, 5.74) is 1.53. The summed E-state index contributed by atoms with van der Waals surface area (Å²) in [4.78, 5) is 0. The van der Waals surface area contributed by atoms with Crippen molar-refractivity contribution in [3.8, 4) is 11.1 Å². The first-order chi connectivity index (χ1) is 10.6. The summed E-state index contributed by atoms with van der Waals surface area (Å²) in [6, 6.07) is 13.1. The third-order valence-corrected chi connectivity index (χ3v) is 3.43. The normalized spacial score (nSPS) is 12.3. The minimum Gasteiger partial charge on any atom is -0.386 e. The van der Waals surface area contributed by atoms with Crippen molar-refractivity contribution in [1.82, 2.24) is 9.78 Å². The van der Waals surface area contributed by atoms with Crippen molar-refractivity contribution in [3.63, 3.8) is 0 Å². The maximum Gasteiger partial charge on any atom is 0.132 e. The van der Waals surface area contributed by atoms with E-state index in [1.165, 1.54) is 10.7 Å². The fourth-order valence-corrected chi connectivity index (χ4v) is 2.34. The molecule has 0 aliphatic heterocycles. The van der Waals surface area contributed by atoms with Crippen LogP contribution in [0, 0.1) is 11.6 Å². The summed E-state index contributed by atoms with van der Waals surface area (Å²) >= 11 is 0.